The molecular formula is C31H28BrNO2. The Morgan fingerprint density at radius 1 is 0.971 bits per heavy atom. The fraction of sp³-hybridized carbons (Fsp3) is 0.194. The molecule has 35 heavy (non-hydrogen) atoms. The van der Waals surface area contributed by atoms with Gasteiger partial charge in [0, 0.05) is 32.9 Å². The Hall–Kier alpha value is -3.37. The number of Topliss-reactive ketones (excluding diaryl/α,β-unsaturated/α-hetero) is 1. The summed E-state index contributed by atoms with van der Waals surface area (Å²) in [6.07, 6.45) is 5.00. The Kier molecular flexibility index (Phi) is 6.24. The van der Waals surface area contributed by atoms with Crippen LogP contribution < -0.4 is 10.1 Å². The lowest BCUT2D eigenvalue weighted by atomic mass is 9.67. The minimum atomic E-state index is -0.300. The molecule has 0 saturated heterocycles. The second-order valence-electron chi connectivity index (χ2n) is 9.71. The molecule has 0 aromatic heterocycles. The van der Waals surface area contributed by atoms with Crippen LogP contribution in [0.15, 0.2) is 106 Å². The Morgan fingerprint density at radius 3 is 2.31 bits per heavy atom. The van der Waals surface area contributed by atoms with E-state index in [-0.39, 0.29) is 17.1 Å². The van der Waals surface area contributed by atoms with Crippen LogP contribution in [0.4, 0.5) is 0 Å². The highest BCUT2D eigenvalue weighted by molar-refractivity contribution is 9.10. The molecule has 3 aromatic carbocycles. The van der Waals surface area contributed by atoms with Gasteiger partial charge in [0.1, 0.15) is 5.75 Å². The number of methoxy groups -OCH3 is 1. The lowest BCUT2D eigenvalue weighted by molar-refractivity contribution is -0.113. The molecule has 1 N–H and O–H groups in total. The van der Waals surface area contributed by atoms with Crippen molar-refractivity contribution in [2.75, 3.05) is 7.11 Å². The van der Waals surface area contributed by atoms with E-state index in [0.29, 0.717) is 0 Å². The summed E-state index contributed by atoms with van der Waals surface area (Å²) in [7, 11) is 1.67. The minimum absolute atomic E-state index is 0.111. The lowest BCUT2D eigenvalue weighted by Crippen LogP contribution is -2.37. The maximum absolute atomic E-state index is 14.1. The largest absolute Gasteiger partial charge is 0.497 e. The molecule has 3 aromatic rings. The number of halogens is 1. The van der Waals surface area contributed by atoms with Crippen LogP contribution in [0.2, 0.25) is 0 Å². The molecule has 0 fully saturated rings. The van der Waals surface area contributed by atoms with E-state index in [9.17, 15) is 4.79 Å². The number of benzene rings is 3. The van der Waals surface area contributed by atoms with Crippen molar-refractivity contribution in [1.29, 1.82) is 0 Å². The molecule has 1 atom stereocenters. The van der Waals surface area contributed by atoms with Crippen molar-refractivity contribution in [3.8, 4) is 5.75 Å². The fourth-order valence-electron chi connectivity index (χ4n) is 4.97. The number of carbonyl (C=O) groups is 1. The highest BCUT2D eigenvalue weighted by Crippen LogP contribution is 2.48. The van der Waals surface area contributed by atoms with Gasteiger partial charge in [-0.1, -0.05) is 84.4 Å². The number of dihydropyridines is 1. The van der Waals surface area contributed by atoms with E-state index in [2.05, 4.69) is 71.5 Å². The van der Waals surface area contributed by atoms with Gasteiger partial charge in [0.05, 0.1) is 7.11 Å². The van der Waals surface area contributed by atoms with Gasteiger partial charge in [-0.15, -0.1) is 0 Å². The highest BCUT2D eigenvalue weighted by atomic mass is 79.9. The Morgan fingerprint density at radius 2 is 1.66 bits per heavy atom. The molecular weight excluding hydrogens is 498 g/mol. The van der Waals surface area contributed by atoms with Crippen LogP contribution in [0.1, 0.15) is 42.9 Å². The first kappa shape index (κ1) is 23.4. The van der Waals surface area contributed by atoms with Gasteiger partial charge in [0.2, 0.25) is 0 Å². The van der Waals surface area contributed by atoms with Crippen molar-refractivity contribution < 1.29 is 9.53 Å². The monoisotopic (exact) mass is 525 g/mol. The smallest absolute Gasteiger partial charge is 0.188 e. The molecule has 1 heterocycles. The molecule has 0 saturated carbocycles. The lowest BCUT2D eigenvalue weighted by Gasteiger charge is -2.40. The van der Waals surface area contributed by atoms with Gasteiger partial charge >= 0.3 is 0 Å². The van der Waals surface area contributed by atoms with E-state index in [0.717, 1.165) is 55.9 Å². The van der Waals surface area contributed by atoms with E-state index in [1.54, 1.807) is 7.11 Å². The van der Waals surface area contributed by atoms with Gasteiger partial charge in [-0.2, -0.15) is 0 Å². The number of rotatable bonds is 4. The quantitative estimate of drug-likeness (QED) is 0.358. The van der Waals surface area contributed by atoms with E-state index < -0.39 is 0 Å². The molecule has 5 rings (SSSR count). The zero-order valence-corrected chi connectivity index (χ0v) is 21.7. The second kappa shape index (κ2) is 9.35. The third-order valence-corrected chi connectivity index (χ3v) is 7.36. The third kappa shape index (κ3) is 4.63. The third-order valence-electron chi connectivity index (χ3n) is 6.83. The number of hydrogen-bond donors (Lipinski definition) is 1. The molecule has 1 aliphatic carbocycles. The molecule has 1 aliphatic heterocycles. The van der Waals surface area contributed by atoms with E-state index >= 15 is 0 Å². The number of carbonyl (C=O) groups excluding carboxylic acids is 1. The fourth-order valence-corrected chi connectivity index (χ4v) is 5.23. The van der Waals surface area contributed by atoms with Crippen LogP contribution in [0.25, 0.3) is 11.8 Å². The van der Waals surface area contributed by atoms with E-state index in [4.69, 9.17) is 4.74 Å². The summed E-state index contributed by atoms with van der Waals surface area (Å²) < 4.78 is 6.41. The molecule has 0 radical (unpaired) electrons. The second-order valence-corrected chi connectivity index (χ2v) is 10.6. The number of hydrogen-bond acceptors (Lipinski definition) is 3. The van der Waals surface area contributed by atoms with Crippen LogP contribution in [0.3, 0.4) is 0 Å². The molecule has 0 amide bonds. The maximum Gasteiger partial charge on any atom is 0.188 e. The number of allylic oxidation sites excluding steroid dienone is 4. The summed E-state index contributed by atoms with van der Waals surface area (Å²) in [5.41, 5.74) is 6.62. The number of nitrogens with one attached hydrogen (secondary N) is 1. The van der Waals surface area contributed by atoms with Crippen LogP contribution in [0.5, 0.6) is 5.75 Å². The van der Waals surface area contributed by atoms with Gasteiger partial charge in [0.15, 0.2) is 5.78 Å². The topological polar surface area (TPSA) is 38.3 Å². The molecule has 2 aliphatic rings. The van der Waals surface area contributed by atoms with Crippen molar-refractivity contribution in [1.82, 2.24) is 5.32 Å². The summed E-state index contributed by atoms with van der Waals surface area (Å²) >= 11 is 3.53. The van der Waals surface area contributed by atoms with Crippen molar-refractivity contribution in [3.63, 3.8) is 0 Å². The number of ketones is 1. The van der Waals surface area contributed by atoms with Gasteiger partial charge < -0.3 is 10.1 Å². The molecule has 176 valence electrons. The zero-order valence-electron chi connectivity index (χ0n) is 20.1. The van der Waals surface area contributed by atoms with Crippen LogP contribution in [-0.4, -0.2) is 12.9 Å². The molecule has 0 spiro atoms. The van der Waals surface area contributed by atoms with Crippen molar-refractivity contribution >= 4 is 33.5 Å². The van der Waals surface area contributed by atoms with Gasteiger partial charge in [-0.05, 0) is 64.9 Å². The van der Waals surface area contributed by atoms with Gasteiger partial charge in [-0.3, -0.25) is 4.79 Å². The molecule has 1 unspecified atom stereocenters. The number of ether oxygens (including phenoxy) is 1. The van der Waals surface area contributed by atoms with Gasteiger partial charge in [0.25, 0.3) is 0 Å². The Labute approximate surface area is 215 Å². The highest BCUT2D eigenvalue weighted by Gasteiger charge is 2.42. The molecule has 4 heteroatoms. The van der Waals surface area contributed by atoms with Crippen LogP contribution >= 0.6 is 15.9 Å². The average molecular weight is 526 g/mol. The Balaban J connectivity index is 1.63. The maximum atomic E-state index is 14.1. The first-order valence-electron chi connectivity index (χ1n) is 11.8. The standard InChI is InChI=1S/C31H28BrNO2/c1-31(2)19-28-29(30(34)26(31)17-20-7-5-4-6-8-20)25(21-11-15-24(35-3)16-12-21)18-27(33-28)22-9-13-23(32)14-10-22/h4-18,25,33H,19H2,1-3H3/b26-17+. The predicted molar refractivity (Wildman–Crippen MR) is 146 cm³/mol. The molecule has 0 bridgehead atoms. The van der Waals surface area contributed by atoms with Crippen LogP contribution in [-0.2, 0) is 4.79 Å². The normalized spacial score (nSPS) is 20.2. The average Bonchev–Trinajstić information content (AvgIpc) is 2.86. The zero-order chi connectivity index (χ0) is 24.6. The Bertz CT molecular complexity index is 1350. The summed E-state index contributed by atoms with van der Waals surface area (Å²) in [6.45, 7) is 4.32. The van der Waals surface area contributed by atoms with Crippen molar-refractivity contribution in [2.45, 2.75) is 26.2 Å². The summed E-state index contributed by atoms with van der Waals surface area (Å²) in [5, 5.41) is 3.64. The van der Waals surface area contributed by atoms with Crippen molar-refractivity contribution in [3.05, 3.63) is 123 Å². The van der Waals surface area contributed by atoms with E-state index in [1.165, 1.54) is 0 Å². The first-order valence-corrected chi connectivity index (χ1v) is 12.6. The predicted octanol–water partition coefficient (Wildman–Crippen LogP) is 7.52. The minimum Gasteiger partial charge on any atom is -0.497 e. The van der Waals surface area contributed by atoms with Crippen molar-refractivity contribution in [2.24, 2.45) is 5.41 Å². The first-order chi connectivity index (χ1) is 16.9. The van der Waals surface area contributed by atoms with Crippen LogP contribution in [0, 0.1) is 5.41 Å². The van der Waals surface area contributed by atoms with Gasteiger partial charge in [-0.25, -0.2) is 0 Å². The molecule has 3 nitrogen and oxygen atoms in total. The van der Waals surface area contributed by atoms with E-state index in [1.807, 2.05) is 54.6 Å². The summed E-state index contributed by atoms with van der Waals surface area (Å²) in [4.78, 5) is 14.1. The summed E-state index contributed by atoms with van der Waals surface area (Å²) in [6, 6.07) is 26.4. The summed E-state index contributed by atoms with van der Waals surface area (Å²) in [5.74, 6) is 0.757. The SMILES string of the molecule is COc1ccc(C2C=C(c3ccc(Br)cc3)NC3=C2C(=O)/C(=C\c2ccccc2)C(C)(C)C3)cc1.